The molecule has 1 fully saturated rings. The number of nitrogens with zero attached hydrogens (tertiary/aromatic N) is 2. The Bertz CT molecular complexity index is 425. The summed E-state index contributed by atoms with van der Waals surface area (Å²) in [6.45, 7) is 4.84. The van der Waals surface area contributed by atoms with Crippen LogP contribution in [0.2, 0.25) is 0 Å². The van der Waals surface area contributed by atoms with Gasteiger partial charge in [-0.05, 0) is 32.5 Å². The first kappa shape index (κ1) is 14.3. The van der Waals surface area contributed by atoms with Gasteiger partial charge in [0.1, 0.15) is 5.82 Å². The molecule has 1 unspecified atom stereocenters. The molecule has 0 radical (unpaired) electrons. The van der Waals surface area contributed by atoms with Crippen LogP contribution in [-0.4, -0.2) is 42.7 Å². The summed E-state index contributed by atoms with van der Waals surface area (Å²) in [5.41, 5.74) is 1.27. The first-order chi connectivity index (χ1) is 9.17. The normalized spacial score (nSPS) is 21.5. The average Bonchev–Trinajstić information content (AvgIpc) is 2.59. The second-order valence-corrected chi connectivity index (χ2v) is 5.28. The van der Waals surface area contributed by atoms with Gasteiger partial charge in [0, 0.05) is 24.7 Å². The third-order valence-corrected chi connectivity index (χ3v) is 3.90. The number of aliphatic hydroxyl groups is 1. The molecule has 0 aliphatic carbocycles. The summed E-state index contributed by atoms with van der Waals surface area (Å²) in [5.74, 6) is -0.227. The van der Waals surface area contributed by atoms with Crippen molar-refractivity contribution in [2.24, 2.45) is 0 Å². The van der Waals surface area contributed by atoms with Gasteiger partial charge in [-0.2, -0.15) is 0 Å². The molecule has 2 rings (SSSR count). The average molecular weight is 266 g/mol. The van der Waals surface area contributed by atoms with E-state index in [-0.39, 0.29) is 12.4 Å². The lowest BCUT2D eigenvalue weighted by atomic mass is 10.1. The maximum Gasteiger partial charge on any atom is 0.146 e. The van der Waals surface area contributed by atoms with Gasteiger partial charge in [0.2, 0.25) is 0 Å². The lowest BCUT2D eigenvalue weighted by Crippen LogP contribution is -2.40. The first-order valence-corrected chi connectivity index (χ1v) is 7.00. The number of aliphatic hydroxyl groups excluding tert-OH is 1. The van der Waals surface area contributed by atoms with Crippen LogP contribution in [0.5, 0.6) is 0 Å². The molecular formula is C15H23FN2O. The maximum atomic E-state index is 14.2. The minimum atomic E-state index is -0.227. The SMILES string of the molecule is CCC1CN(C)CCCN1c1c(F)cccc1CO. The summed E-state index contributed by atoms with van der Waals surface area (Å²) in [6.07, 6.45) is 2.00. The number of rotatable bonds is 3. The van der Waals surface area contributed by atoms with Gasteiger partial charge in [0.05, 0.1) is 12.3 Å². The van der Waals surface area contributed by atoms with Crippen molar-refractivity contribution >= 4 is 5.69 Å². The van der Waals surface area contributed by atoms with Crippen LogP contribution in [0.25, 0.3) is 0 Å². The third-order valence-electron chi connectivity index (χ3n) is 3.90. The molecule has 1 aliphatic rings. The minimum absolute atomic E-state index is 0.115. The van der Waals surface area contributed by atoms with Crippen LogP contribution in [0.4, 0.5) is 10.1 Å². The van der Waals surface area contributed by atoms with Crippen molar-refractivity contribution < 1.29 is 9.50 Å². The number of anilines is 1. The van der Waals surface area contributed by atoms with Crippen molar-refractivity contribution in [3.63, 3.8) is 0 Å². The van der Waals surface area contributed by atoms with Crippen molar-refractivity contribution in [3.05, 3.63) is 29.6 Å². The number of para-hydroxylation sites is 1. The van der Waals surface area contributed by atoms with Crippen molar-refractivity contribution in [3.8, 4) is 0 Å². The van der Waals surface area contributed by atoms with Gasteiger partial charge in [-0.1, -0.05) is 19.1 Å². The smallest absolute Gasteiger partial charge is 0.146 e. The van der Waals surface area contributed by atoms with Gasteiger partial charge in [0.25, 0.3) is 0 Å². The molecule has 1 N–H and O–H groups in total. The molecule has 1 heterocycles. The predicted octanol–water partition coefficient (Wildman–Crippen LogP) is 2.24. The van der Waals surface area contributed by atoms with E-state index >= 15 is 0 Å². The van der Waals surface area contributed by atoms with E-state index < -0.39 is 0 Å². The van der Waals surface area contributed by atoms with Gasteiger partial charge in [-0.25, -0.2) is 4.39 Å². The molecule has 1 saturated heterocycles. The minimum Gasteiger partial charge on any atom is -0.392 e. The molecule has 0 bridgehead atoms. The maximum absolute atomic E-state index is 14.2. The van der Waals surface area contributed by atoms with Crippen LogP contribution < -0.4 is 4.90 Å². The highest BCUT2D eigenvalue weighted by molar-refractivity contribution is 5.55. The quantitative estimate of drug-likeness (QED) is 0.909. The molecule has 1 aliphatic heterocycles. The van der Waals surface area contributed by atoms with E-state index in [1.807, 2.05) is 0 Å². The Labute approximate surface area is 114 Å². The Morgan fingerprint density at radius 2 is 2.16 bits per heavy atom. The van der Waals surface area contributed by atoms with Gasteiger partial charge < -0.3 is 14.9 Å². The predicted molar refractivity (Wildman–Crippen MR) is 75.9 cm³/mol. The first-order valence-electron chi connectivity index (χ1n) is 7.00. The summed E-state index contributed by atoms with van der Waals surface area (Å²) in [6, 6.07) is 5.25. The molecule has 0 aromatic heterocycles. The molecule has 3 nitrogen and oxygen atoms in total. The van der Waals surface area contributed by atoms with Crippen LogP contribution in [-0.2, 0) is 6.61 Å². The lowest BCUT2D eigenvalue weighted by Gasteiger charge is -2.33. The highest BCUT2D eigenvalue weighted by Gasteiger charge is 2.25. The number of halogens is 1. The number of likely N-dealkylation sites (N-methyl/N-ethyl adjacent to an activating group) is 1. The van der Waals surface area contributed by atoms with E-state index in [9.17, 15) is 9.50 Å². The molecule has 1 aromatic rings. The Hall–Kier alpha value is -1.13. The highest BCUT2D eigenvalue weighted by Crippen LogP contribution is 2.29. The Balaban J connectivity index is 2.37. The fraction of sp³-hybridized carbons (Fsp3) is 0.600. The molecule has 4 heteroatoms. The van der Waals surface area contributed by atoms with E-state index in [0.717, 1.165) is 32.5 Å². The van der Waals surface area contributed by atoms with Crippen LogP contribution in [0.3, 0.4) is 0 Å². The fourth-order valence-electron chi connectivity index (χ4n) is 2.90. The van der Waals surface area contributed by atoms with Crippen LogP contribution >= 0.6 is 0 Å². The Morgan fingerprint density at radius 1 is 1.37 bits per heavy atom. The Morgan fingerprint density at radius 3 is 2.84 bits per heavy atom. The molecule has 1 aromatic carbocycles. The largest absolute Gasteiger partial charge is 0.392 e. The molecule has 0 amide bonds. The molecule has 106 valence electrons. The fourth-order valence-corrected chi connectivity index (χ4v) is 2.90. The monoisotopic (exact) mass is 266 g/mol. The standard InChI is InChI=1S/C15H23FN2O/c1-3-13-10-17(2)8-5-9-18(13)15-12(11-19)6-4-7-14(15)16/h4,6-7,13,19H,3,5,8-11H2,1-2H3. The van der Waals surface area contributed by atoms with E-state index in [2.05, 4.69) is 23.8 Å². The summed E-state index contributed by atoms with van der Waals surface area (Å²) in [5, 5.41) is 9.45. The molecule has 0 saturated carbocycles. The zero-order valence-corrected chi connectivity index (χ0v) is 11.8. The van der Waals surface area contributed by atoms with E-state index in [0.29, 0.717) is 17.3 Å². The van der Waals surface area contributed by atoms with Crippen LogP contribution in [0.15, 0.2) is 18.2 Å². The third kappa shape index (κ3) is 3.07. The van der Waals surface area contributed by atoms with Crippen molar-refractivity contribution in [1.82, 2.24) is 4.90 Å². The molecular weight excluding hydrogens is 243 g/mol. The Kier molecular flexibility index (Phi) is 4.77. The number of hydrogen-bond acceptors (Lipinski definition) is 3. The summed E-state index contributed by atoms with van der Waals surface area (Å²) in [7, 11) is 2.11. The van der Waals surface area contributed by atoms with E-state index in [1.165, 1.54) is 6.07 Å². The van der Waals surface area contributed by atoms with E-state index in [4.69, 9.17) is 0 Å². The van der Waals surface area contributed by atoms with Crippen molar-refractivity contribution in [2.75, 3.05) is 31.6 Å². The van der Waals surface area contributed by atoms with Gasteiger partial charge in [-0.3, -0.25) is 0 Å². The van der Waals surface area contributed by atoms with E-state index in [1.54, 1.807) is 12.1 Å². The van der Waals surface area contributed by atoms with Crippen LogP contribution in [0, 0.1) is 5.82 Å². The summed E-state index contributed by atoms with van der Waals surface area (Å²) < 4.78 is 14.2. The number of benzene rings is 1. The molecule has 0 spiro atoms. The highest BCUT2D eigenvalue weighted by atomic mass is 19.1. The molecule has 1 atom stereocenters. The van der Waals surface area contributed by atoms with Crippen molar-refractivity contribution in [2.45, 2.75) is 32.4 Å². The van der Waals surface area contributed by atoms with Crippen LogP contribution in [0.1, 0.15) is 25.3 Å². The second kappa shape index (κ2) is 6.35. The summed E-state index contributed by atoms with van der Waals surface area (Å²) >= 11 is 0. The second-order valence-electron chi connectivity index (χ2n) is 5.28. The molecule has 19 heavy (non-hydrogen) atoms. The van der Waals surface area contributed by atoms with Gasteiger partial charge in [0.15, 0.2) is 0 Å². The van der Waals surface area contributed by atoms with Gasteiger partial charge in [-0.15, -0.1) is 0 Å². The van der Waals surface area contributed by atoms with Gasteiger partial charge >= 0.3 is 0 Å². The zero-order chi connectivity index (χ0) is 13.8. The van der Waals surface area contributed by atoms with Crippen molar-refractivity contribution in [1.29, 1.82) is 0 Å². The topological polar surface area (TPSA) is 26.7 Å². The lowest BCUT2D eigenvalue weighted by molar-refractivity contribution is 0.281. The number of hydrogen-bond donors (Lipinski definition) is 1. The zero-order valence-electron chi connectivity index (χ0n) is 11.8. The summed E-state index contributed by atoms with van der Waals surface area (Å²) in [4.78, 5) is 4.44.